The van der Waals surface area contributed by atoms with Gasteiger partial charge in [-0.05, 0) is 18.2 Å². The third-order valence-electron chi connectivity index (χ3n) is 2.39. The lowest BCUT2D eigenvalue weighted by Crippen LogP contribution is -2.26. The van der Waals surface area contributed by atoms with Crippen LogP contribution >= 0.6 is 0 Å². The molecule has 0 radical (unpaired) electrons. The molecular weight excluding hydrogens is 204 g/mol. The van der Waals surface area contributed by atoms with Crippen LogP contribution in [0.4, 0.5) is 0 Å². The Morgan fingerprint density at radius 1 is 1.31 bits per heavy atom. The van der Waals surface area contributed by atoms with E-state index in [0.717, 1.165) is 0 Å². The van der Waals surface area contributed by atoms with E-state index in [4.69, 9.17) is 0 Å². The van der Waals surface area contributed by atoms with Crippen LogP contribution in [0.15, 0.2) is 47.6 Å². The van der Waals surface area contributed by atoms with Gasteiger partial charge in [0.15, 0.2) is 11.9 Å². The second-order valence-corrected chi connectivity index (χ2v) is 3.41. The molecule has 0 unspecified atom stereocenters. The maximum absolute atomic E-state index is 11.6. The number of nitrogens with one attached hydrogen (secondary N) is 1. The number of amides is 1. The van der Waals surface area contributed by atoms with Crippen LogP contribution in [0.2, 0.25) is 0 Å². The van der Waals surface area contributed by atoms with E-state index in [9.17, 15) is 9.59 Å². The lowest BCUT2D eigenvalue weighted by Gasteiger charge is -2.00. The van der Waals surface area contributed by atoms with Gasteiger partial charge in [-0.2, -0.15) is 0 Å². The summed E-state index contributed by atoms with van der Waals surface area (Å²) in [5.41, 5.74) is 0.916. The smallest absolute Gasteiger partial charge is 0.328 e. The van der Waals surface area contributed by atoms with Crippen molar-refractivity contribution in [2.75, 3.05) is 0 Å². The van der Waals surface area contributed by atoms with E-state index in [1.807, 2.05) is 0 Å². The van der Waals surface area contributed by atoms with E-state index >= 15 is 0 Å². The third kappa shape index (κ3) is 1.77. The van der Waals surface area contributed by atoms with Gasteiger partial charge in [-0.1, -0.05) is 0 Å². The number of rotatable bonds is 1. The molecule has 80 valence electrons. The van der Waals surface area contributed by atoms with Crippen LogP contribution < -0.4 is 5.56 Å². The van der Waals surface area contributed by atoms with Crippen LogP contribution in [0.3, 0.4) is 0 Å². The Labute approximate surface area is 92.2 Å². The minimum atomic E-state index is -0.198. The number of pyridine rings is 1. The molecule has 0 bridgehead atoms. The summed E-state index contributed by atoms with van der Waals surface area (Å²) in [5, 5.41) is 0. The van der Waals surface area contributed by atoms with E-state index in [2.05, 4.69) is 4.98 Å². The highest BCUT2D eigenvalue weighted by Gasteiger charge is 2.20. The lowest BCUT2D eigenvalue weighted by molar-refractivity contribution is -0.376. The fraction of sp³-hybridized carbons (Fsp3) is 0.0833. The molecule has 16 heavy (non-hydrogen) atoms. The molecule has 1 aliphatic heterocycles. The minimum absolute atomic E-state index is 0.150. The highest BCUT2D eigenvalue weighted by molar-refractivity contribution is 5.99. The molecule has 1 amide bonds. The topological polar surface area (TPSA) is 52.9 Å². The summed E-state index contributed by atoms with van der Waals surface area (Å²) in [6, 6.07) is 3.42. The standard InChI is InChI=1S/C12H10N2O2/c1-9(10-5-4-7-13-12(10)16)14-8-3-2-6-11(14)15/h2-8H,1H3/p+1. The van der Waals surface area contributed by atoms with Gasteiger partial charge in [-0.15, -0.1) is 4.58 Å². The van der Waals surface area contributed by atoms with E-state index in [-0.39, 0.29) is 11.5 Å². The fourth-order valence-electron chi connectivity index (χ4n) is 1.54. The number of aromatic amines is 1. The average molecular weight is 215 g/mol. The predicted octanol–water partition coefficient (Wildman–Crippen LogP) is 0.806. The molecule has 0 saturated carbocycles. The van der Waals surface area contributed by atoms with Crippen LogP contribution in [0.5, 0.6) is 0 Å². The predicted molar refractivity (Wildman–Crippen MR) is 60.4 cm³/mol. The highest BCUT2D eigenvalue weighted by Crippen LogP contribution is 2.00. The van der Waals surface area contributed by atoms with Crippen molar-refractivity contribution in [1.82, 2.24) is 4.98 Å². The van der Waals surface area contributed by atoms with E-state index in [0.29, 0.717) is 11.3 Å². The Balaban J connectivity index is 2.58. The van der Waals surface area contributed by atoms with Crippen LogP contribution in [0.25, 0.3) is 0 Å². The number of carbonyl (C=O) groups excluding carboxylic acids is 1. The molecule has 2 heterocycles. The number of nitrogens with zero attached hydrogens (tertiary/aromatic N) is 1. The van der Waals surface area contributed by atoms with Crippen molar-refractivity contribution in [2.45, 2.75) is 6.92 Å². The molecule has 4 heteroatoms. The van der Waals surface area contributed by atoms with Crippen molar-refractivity contribution in [1.29, 1.82) is 0 Å². The minimum Gasteiger partial charge on any atom is -0.328 e. The number of hydrogen-bond acceptors (Lipinski definition) is 2. The van der Waals surface area contributed by atoms with Crippen LogP contribution in [0, 0.1) is 0 Å². The second kappa shape index (κ2) is 4.10. The molecule has 0 atom stereocenters. The molecule has 0 spiro atoms. The van der Waals surface area contributed by atoms with Gasteiger partial charge in [-0.25, -0.2) is 4.79 Å². The summed E-state index contributed by atoms with van der Waals surface area (Å²) < 4.78 is 1.45. The maximum Gasteiger partial charge on any atom is 0.417 e. The van der Waals surface area contributed by atoms with Crippen molar-refractivity contribution in [3.05, 3.63) is 58.7 Å². The Hall–Kier alpha value is -2.23. The molecule has 0 saturated heterocycles. The molecule has 0 aliphatic carbocycles. The Kier molecular flexibility index (Phi) is 2.64. The van der Waals surface area contributed by atoms with Gasteiger partial charge >= 0.3 is 5.91 Å². The third-order valence-corrected chi connectivity index (χ3v) is 2.39. The van der Waals surface area contributed by atoms with Gasteiger partial charge in [0.25, 0.3) is 5.56 Å². The zero-order valence-corrected chi connectivity index (χ0v) is 8.81. The first-order valence-electron chi connectivity index (χ1n) is 4.90. The van der Waals surface area contributed by atoms with E-state index in [1.165, 1.54) is 10.7 Å². The monoisotopic (exact) mass is 215 g/mol. The molecule has 1 N–H and O–H groups in total. The number of hydrogen-bond donors (Lipinski definition) is 1. The average Bonchev–Trinajstić information content (AvgIpc) is 2.29. The van der Waals surface area contributed by atoms with Gasteiger partial charge in [0.1, 0.15) is 5.56 Å². The van der Waals surface area contributed by atoms with Crippen LogP contribution in [-0.4, -0.2) is 21.2 Å². The Morgan fingerprint density at radius 2 is 2.12 bits per heavy atom. The molecule has 1 aromatic heterocycles. The van der Waals surface area contributed by atoms with Crippen molar-refractivity contribution < 1.29 is 9.37 Å². The van der Waals surface area contributed by atoms with Crippen LogP contribution in [-0.2, 0) is 4.79 Å². The lowest BCUT2D eigenvalue weighted by atomic mass is 10.2. The number of allylic oxidation sites excluding steroid dienone is 2. The van der Waals surface area contributed by atoms with Crippen molar-refractivity contribution >= 4 is 11.6 Å². The van der Waals surface area contributed by atoms with Gasteiger partial charge in [0, 0.05) is 19.2 Å². The fourth-order valence-corrected chi connectivity index (χ4v) is 1.54. The quantitative estimate of drug-likeness (QED) is 0.705. The zero-order chi connectivity index (χ0) is 11.5. The second-order valence-electron chi connectivity index (χ2n) is 3.41. The summed E-state index contributed by atoms with van der Waals surface area (Å²) in [6.07, 6.45) is 8.08. The van der Waals surface area contributed by atoms with Crippen molar-refractivity contribution in [2.24, 2.45) is 0 Å². The van der Waals surface area contributed by atoms with Gasteiger partial charge in [-0.3, -0.25) is 4.79 Å². The van der Waals surface area contributed by atoms with Gasteiger partial charge in [0.2, 0.25) is 0 Å². The van der Waals surface area contributed by atoms with E-state index in [1.54, 1.807) is 43.6 Å². The Morgan fingerprint density at radius 3 is 2.81 bits per heavy atom. The Bertz CT molecular complexity index is 577. The molecule has 1 aromatic rings. The molecule has 2 rings (SSSR count). The van der Waals surface area contributed by atoms with Crippen LogP contribution in [0.1, 0.15) is 12.5 Å². The summed E-state index contributed by atoms with van der Waals surface area (Å²) >= 11 is 0. The normalized spacial score (nSPS) is 17.7. The summed E-state index contributed by atoms with van der Waals surface area (Å²) in [4.78, 5) is 25.7. The summed E-state index contributed by atoms with van der Waals surface area (Å²) in [6.45, 7) is 1.74. The van der Waals surface area contributed by atoms with Gasteiger partial charge < -0.3 is 4.98 Å². The summed E-state index contributed by atoms with van der Waals surface area (Å²) in [5.74, 6) is -0.150. The molecular formula is C12H11N2O2+. The summed E-state index contributed by atoms with van der Waals surface area (Å²) in [7, 11) is 0. The highest BCUT2D eigenvalue weighted by atomic mass is 16.2. The number of aromatic nitrogens is 1. The molecule has 0 fully saturated rings. The van der Waals surface area contributed by atoms with Crippen molar-refractivity contribution in [3.8, 4) is 0 Å². The first-order chi connectivity index (χ1) is 7.70. The first kappa shape index (κ1) is 10.3. The molecule has 4 nitrogen and oxygen atoms in total. The largest absolute Gasteiger partial charge is 0.417 e. The SMILES string of the molecule is CC(c1ccc[nH]c1=O)=[N+]1C=CC=CC1=O. The molecule has 0 aromatic carbocycles. The number of H-pyrrole nitrogens is 1. The first-order valence-corrected chi connectivity index (χ1v) is 4.90. The molecule has 1 aliphatic rings. The number of carbonyl (C=O) groups is 1. The van der Waals surface area contributed by atoms with Crippen molar-refractivity contribution in [3.63, 3.8) is 0 Å². The van der Waals surface area contributed by atoms with E-state index < -0.39 is 0 Å². The maximum atomic E-state index is 11.6. The van der Waals surface area contributed by atoms with Gasteiger partial charge in [0.05, 0.1) is 6.08 Å². The zero-order valence-electron chi connectivity index (χ0n) is 8.81.